The molecule has 6 heterocycles. The Balaban J connectivity index is 0.534. The molecule has 7 aliphatic rings. The summed E-state index contributed by atoms with van der Waals surface area (Å²) in [7, 11) is -13.3. The van der Waals surface area contributed by atoms with Gasteiger partial charge < -0.3 is 50.3 Å². The molecule has 0 aromatic heterocycles. The Bertz CT molecular complexity index is 7220. The third-order valence-corrected chi connectivity index (χ3v) is 30.6. The summed E-state index contributed by atoms with van der Waals surface area (Å²) >= 11 is 0. The molecule has 0 saturated carbocycles. The van der Waals surface area contributed by atoms with E-state index in [1.807, 2.05) is 126 Å². The maximum atomic E-state index is 16.2. The van der Waals surface area contributed by atoms with E-state index in [9.17, 15) is 54.7 Å². The van der Waals surface area contributed by atoms with Crippen molar-refractivity contribution in [2.45, 2.75) is 156 Å². The summed E-state index contributed by atoms with van der Waals surface area (Å²) in [6, 6.07) is 58.5. The summed E-state index contributed by atoms with van der Waals surface area (Å²) in [5.41, 5.74) is 10.7. The van der Waals surface area contributed by atoms with Crippen LogP contribution in [0.2, 0.25) is 0 Å². The van der Waals surface area contributed by atoms with Gasteiger partial charge >= 0.3 is 6.09 Å². The van der Waals surface area contributed by atoms with Crippen LogP contribution in [0.3, 0.4) is 0 Å². The summed E-state index contributed by atoms with van der Waals surface area (Å²) in [5.74, 6) is -15.1. The second-order valence-corrected chi connectivity index (χ2v) is 41.4. The lowest BCUT2D eigenvalue weighted by atomic mass is 9.81. The third-order valence-electron chi connectivity index (χ3n) is 26.9. The van der Waals surface area contributed by atoms with Gasteiger partial charge in [0.1, 0.15) is 42.7 Å². The number of alkyl carbamates (subject to hydrolysis) is 1. The average Bonchev–Trinajstić information content (AvgIpc) is 1.62. The minimum atomic E-state index is -4.57. The van der Waals surface area contributed by atoms with Crippen LogP contribution in [0.5, 0.6) is 5.75 Å². The second-order valence-electron chi connectivity index (χ2n) is 36.6. The van der Waals surface area contributed by atoms with Crippen molar-refractivity contribution in [2.24, 2.45) is 5.92 Å². The Labute approximate surface area is 815 Å². The molecule has 1 fully saturated rings. The number of halogens is 4. The number of Topliss-reactive ketones (excluding diaryl/α,β-unsaturated/α-hetero) is 1. The van der Waals surface area contributed by atoms with Crippen molar-refractivity contribution in [1.82, 2.24) is 35.5 Å². The van der Waals surface area contributed by atoms with E-state index in [1.165, 1.54) is 39.7 Å². The van der Waals surface area contributed by atoms with E-state index in [2.05, 4.69) is 69.8 Å². The number of hydrogen-bond acceptors (Lipinski definition) is 17. The Morgan fingerprint density at radius 3 is 2.00 bits per heavy atom. The number of allylic oxidation sites excluding steroid dienone is 6. The predicted octanol–water partition coefficient (Wildman–Crippen LogP) is 16.3. The molecule has 9 aromatic carbocycles. The number of rotatable bonds is 37. The molecule has 1 aliphatic carbocycles. The van der Waals surface area contributed by atoms with Crippen molar-refractivity contribution in [3.05, 3.63) is 310 Å². The SMILES string of the molecule is CC[N+]1=C(/C=C/C=C/C=C2\N(CCCCCC(=O)NCCCC[C@H](NC(=O)[C@H](Cc3ccccc3)NC(=O)OCc3ccccc3)C(=O)COc3c(F)c(F)c(C(=O)NCCNC(=O)C4CCN(S(=O)(=O)c5ccccc5-c5c6ccc(=[N+]7CCc8ccccc87)cc-6oc6cc(N7CCc8ccccc87)ccc56)CC4)c(F)c3F)c3ccc(S(=O)(=O)O)cc3C2(C)C)C(C)(C)c2cc(S(=O)(=O)O)ccc21. The first-order chi connectivity index (χ1) is 67.6. The largest absolute Gasteiger partial charge is 0.479 e. The maximum Gasteiger partial charge on any atom is 0.408 e. The van der Waals surface area contributed by atoms with Gasteiger partial charge in [0.15, 0.2) is 35.4 Å². The minimum absolute atomic E-state index is 0.0481. The number of carbonyl (C=O) groups is 6. The molecule has 0 radical (unpaired) electrons. The lowest BCUT2D eigenvalue weighted by Gasteiger charge is -2.31. The zero-order valence-corrected chi connectivity index (χ0v) is 81.0. The van der Waals surface area contributed by atoms with Gasteiger partial charge in [-0.3, -0.25) is 33.1 Å². The highest BCUT2D eigenvalue weighted by Crippen LogP contribution is 2.50. The van der Waals surface area contributed by atoms with Gasteiger partial charge in [0.2, 0.25) is 56.1 Å². The number of para-hydroxylation sites is 2. The molecule has 0 bridgehead atoms. The zero-order chi connectivity index (χ0) is 99.8. The number of fused-ring (bicyclic) bond motifs is 6. The van der Waals surface area contributed by atoms with E-state index >= 15 is 26.0 Å². The lowest BCUT2D eigenvalue weighted by molar-refractivity contribution is -0.433. The van der Waals surface area contributed by atoms with Crippen molar-refractivity contribution in [2.75, 3.05) is 75.3 Å². The molecule has 5 amide bonds. The van der Waals surface area contributed by atoms with Crippen LogP contribution in [0.25, 0.3) is 33.4 Å². The highest BCUT2D eigenvalue weighted by Gasteiger charge is 2.46. The van der Waals surface area contributed by atoms with Gasteiger partial charge in [-0.25, -0.2) is 22.0 Å². The van der Waals surface area contributed by atoms with Gasteiger partial charge in [-0.1, -0.05) is 154 Å². The van der Waals surface area contributed by atoms with E-state index < -0.39 is 136 Å². The molecule has 16 rings (SSSR count). The van der Waals surface area contributed by atoms with Gasteiger partial charge in [0.05, 0.1) is 32.2 Å². The quantitative estimate of drug-likeness (QED) is 0.00362. The van der Waals surface area contributed by atoms with Crippen LogP contribution in [0.4, 0.5) is 50.8 Å². The summed E-state index contributed by atoms with van der Waals surface area (Å²) in [6.07, 6.45) is 12.0. The highest BCUT2D eigenvalue weighted by atomic mass is 32.2. The fraction of sp³-hybridized carbons (Fsp3) is 0.308. The topological polar surface area (TPSA) is 353 Å². The predicted molar refractivity (Wildman–Crippen MR) is 528 cm³/mol. The van der Waals surface area contributed by atoms with Crippen molar-refractivity contribution in [3.8, 4) is 28.2 Å². The zero-order valence-electron chi connectivity index (χ0n) is 78.5. The summed E-state index contributed by atoms with van der Waals surface area (Å²) in [5, 5.41) is 14.4. The molecule has 34 heteroatoms. The molecular formula is C107H110F4N10O17S3+2. The van der Waals surface area contributed by atoms with Crippen LogP contribution in [-0.4, -0.2) is 162 Å². The standard InChI is InChI=1S/C107H108F4N10O17S3/c1-6-118-86-47-43-75(140(130,131)132)64-80(86)106(2,3)92(118)38-15-9-16-39-93-107(4,5)81-65-76(141(133,134)135)44-48-87(81)121(93)56-26-10-17-40-94(123)112-53-25-24-34-82(115-103(125)83(61-68-27-11-7-12-28-68)116-105(127)137-66-69-29-13-8-14-30-69)88(122)67-136-101-99(110)97(108)96(98(109)100(101)111)104(126)114-55-54-113-102(124)72-49-57-117(58-50-72)139(128,129)91-37-23-20-33-79(91)95-77-45-41-73(119-59-51-70-31-18-21-35-84(70)119)62-89(77)138-90-63-74(42-46-78(90)95)120-60-52-71-32-19-22-36-85(71)120/h7-9,11-16,18-23,27-33,35-39,41-48,62-65,72,82-83H,6,10,17,24-26,34,40,49-61,66-67H2,1-5H3,(H5-2,112,113,114,115,116,123,124,125,126,127,130,131,132,133,134,135)/p+2/t82-,83-/m0/s1. The first kappa shape index (κ1) is 100. The number of piperidine rings is 1. The van der Waals surface area contributed by atoms with Gasteiger partial charge in [-0.2, -0.15) is 39.1 Å². The number of hydrogen-bond donors (Lipinski definition) is 7. The number of carbonyl (C=O) groups excluding carboxylic acids is 6. The number of ketones is 1. The van der Waals surface area contributed by atoms with E-state index in [-0.39, 0.29) is 98.3 Å². The van der Waals surface area contributed by atoms with Crippen LogP contribution in [0.15, 0.2) is 261 Å². The average molecular weight is 1980 g/mol. The van der Waals surface area contributed by atoms with E-state index in [1.54, 1.807) is 97.1 Å². The van der Waals surface area contributed by atoms with E-state index in [0.717, 1.165) is 76.7 Å². The van der Waals surface area contributed by atoms with E-state index in [0.29, 0.717) is 82.5 Å². The highest BCUT2D eigenvalue weighted by molar-refractivity contribution is 7.89. The van der Waals surface area contributed by atoms with Crippen LogP contribution >= 0.6 is 0 Å². The monoisotopic (exact) mass is 1980 g/mol. The fourth-order valence-corrected chi connectivity index (χ4v) is 22.2. The van der Waals surface area contributed by atoms with Gasteiger partial charge in [-0.05, 0) is 161 Å². The Hall–Kier alpha value is -13.8. The van der Waals surface area contributed by atoms with Crippen molar-refractivity contribution < 1.29 is 99.2 Å². The van der Waals surface area contributed by atoms with E-state index in [4.69, 9.17) is 13.9 Å². The minimum Gasteiger partial charge on any atom is -0.479 e. The van der Waals surface area contributed by atoms with Crippen LogP contribution < -0.4 is 51.1 Å². The number of sulfonamides is 1. The summed E-state index contributed by atoms with van der Waals surface area (Å²) < 4.78 is 187. The first-order valence-corrected chi connectivity index (χ1v) is 51.4. The fourth-order valence-electron chi connectivity index (χ4n) is 19.5. The molecular weight excluding hydrogens is 1870 g/mol. The van der Waals surface area contributed by atoms with Crippen molar-refractivity contribution in [3.63, 3.8) is 0 Å². The van der Waals surface area contributed by atoms with Gasteiger partial charge in [0.25, 0.3) is 26.1 Å². The first-order valence-electron chi connectivity index (χ1n) is 47.1. The number of nitrogens with zero attached hydrogens (tertiary/aromatic N) is 5. The second kappa shape index (κ2) is 42.7. The van der Waals surface area contributed by atoms with Gasteiger partial charge in [0, 0.05) is 163 Å². The van der Waals surface area contributed by atoms with Crippen molar-refractivity contribution >= 4 is 111 Å². The molecule has 7 N–H and O–H groups in total. The molecule has 1 saturated heterocycles. The Morgan fingerprint density at radius 1 is 0.596 bits per heavy atom. The number of ether oxygens (including phenoxy) is 2. The normalized spacial score (nSPS) is 16.3. The summed E-state index contributed by atoms with van der Waals surface area (Å²) in [4.78, 5) is 86.8. The lowest BCUT2D eigenvalue weighted by Crippen LogP contribution is -2.53. The number of benzene rings is 10. The smallest absolute Gasteiger partial charge is 0.408 e. The maximum absolute atomic E-state index is 16.2. The van der Waals surface area contributed by atoms with Crippen LogP contribution in [-0.2, 0) is 90.9 Å². The Morgan fingerprint density at radius 2 is 1.27 bits per heavy atom. The van der Waals surface area contributed by atoms with Crippen LogP contribution in [0, 0.1) is 29.2 Å². The van der Waals surface area contributed by atoms with Crippen LogP contribution in [0.1, 0.15) is 136 Å². The van der Waals surface area contributed by atoms with Gasteiger partial charge in [-0.15, -0.1) is 0 Å². The molecule has 6 aliphatic heterocycles. The molecule has 0 unspecified atom stereocenters. The number of unbranched alkanes of at least 4 members (excludes halogenated alkanes) is 3. The molecule has 9 aromatic rings. The molecule has 0 spiro atoms. The Kier molecular flexibility index (Phi) is 30.4. The number of amides is 5. The summed E-state index contributed by atoms with van der Waals surface area (Å²) in [6.45, 7) is 9.98. The third kappa shape index (κ3) is 21.9. The molecule has 27 nitrogen and oxygen atoms in total. The number of nitrogens with one attached hydrogen (secondary N) is 5. The number of anilines is 3. The molecule has 141 heavy (non-hydrogen) atoms. The molecule has 2 atom stereocenters. The van der Waals surface area contributed by atoms with Crippen molar-refractivity contribution in [1.29, 1.82) is 0 Å². The molecule has 734 valence electrons.